The molecule has 2 aliphatic heterocycles. The first kappa shape index (κ1) is 20.8. The first-order valence-electron chi connectivity index (χ1n) is 10.2. The van der Waals surface area contributed by atoms with Gasteiger partial charge in [0, 0.05) is 38.8 Å². The number of ether oxygens (including phenoxy) is 1. The zero-order valence-corrected chi connectivity index (χ0v) is 17.3. The number of carbonyl (C=O) groups is 2. The van der Waals surface area contributed by atoms with E-state index in [0.29, 0.717) is 24.5 Å². The van der Waals surface area contributed by atoms with Gasteiger partial charge in [-0.1, -0.05) is 0 Å². The normalized spacial score (nSPS) is 18.8. The highest BCUT2D eigenvalue weighted by molar-refractivity contribution is 5.90. The molecule has 31 heavy (non-hydrogen) atoms. The summed E-state index contributed by atoms with van der Waals surface area (Å²) in [6.07, 6.45) is -1.02. The van der Waals surface area contributed by atoms with E-state index in [0.717, 1.165) is 18.8 Å². The van der Waals surface area contributed by atoms with Crippen molar-refractivity contribution in [1.29, 1.82) is 0 Å². The molecular formula is C22H25FN4O4. The van der Waals surface area contributed by atoms with Crippen LogP contribution in [0, 0.1) is 5.82 Å². The summed E-state index contributed by atoms with van der Waals surface area (Å²) in [5.41, 5.74) is 1.95. The van der Waals surface area contributed by atoms with E-state index in [1.165, 1.54) is 17.9 Å². The maximum absolute atomic E-state index is 14.9. The Morgan fingerprint density at radius 1 is 1.10 bits per heavy atom. The van der Waals surface area contributed by atoms with Crippen molar-refractivity contribution in [2.75, 3.05) is 54.0 Å². The fourth-order valence-corrected chi connectivity index (χ4v) is 3.89. The van der Waals surface area contributed by atoms with Gasteiger partial charge in [0.25, 0.3) is 0 Å². The molecule has 0 aromatic heterocycles. The number of phenols is 1. The summed E-state index contributed by atoms with van der Waals surface area (Å²) in [4.78, 5) is 28.8. The summed E-state index contributed by atoms with van der Waals surface area (Å²) >= 11 is 0. The van der Waals surface area contributed by atoms with Crippen molar-refractivity contribution >= 4 is 29.1 Å². The Bertz CT molecular complexity index is 960. The third-order valence-electron chi connectivity index (χ3n) is 5.53. The van der Waals surface area contributed by atoms with Gasteiger partial charge < -0.3 is 25.0 Å². The molecule has 2 aromatic carbocycles. The van der Waals surface area contributed by atoms with E-state index in [1.807, 2.05) is 17.0 Å². The van der Waals surface area contributed by atoms with Crippen molar-refractivity contribution in [3.8, 4) is 5.75 Å². The van der Waals surface area contributed by atoms with Gasteiger partial charge >= 0.3 is 6.09 Å². The molecule has 0 aliphatic carbocycles. The van der Waals surface area contributed by atoms with Crippen molar-refractivity contribution in [3.05, 3.63) is 48.3 Å². The number of amides is 2. The number of anilines is 3. The Morgan fingerprint density at radius 2 is 1.74 bits per heavy atom. The van der Waals surface area contributed by atoms with E-state index in [1.54, 1.807) is 24.3 Å². The largest absolute Gasteiger partial charge is 0.508 e. The lowest BCUT2D eigenvalue weighted by atomic mass is 10.2. The van der Waals surface area contributed by atoms with Crippen LogP contribution < -0.4 is 20.0 Å². The second-order valence-electron chi connectivity index (χ2n) is 7.68. The minimum absolute atomic E-state index is 0.199. The lowest BCUT2D eigenvalue weighted by molar-refractivity contribution is -0.119. The molecule has 1 atom stereocenters. The SMILES string of the molecule is CC(=O)NC[C@H]1CN(c2ccc(N3CCN(c4ccc(O)cc4)CC3)c(F)c2)C(=O)O1. The number of hydrogen-bond acceptors (Lipinski definition) is 6. The second-order valence-corrected chi connectivity index (χ2v) is 7.68. The summed E-state index contributed by atoms with van der Waals surface area (Å²) < 4.78 is 20.2. The number of phenolic OH excluding ortho intramolecular Hbond substituents is 1. The van der Waals surface area contributed by atoms with E-state index in [9.17, 15) is 19.1 Å². The van der Waals surface area contributed by atoms with Crippen LogP contribution in [0.4, 0.5) is 26.2 Å². The Balaban J connectivity index is 1.38. The third kappa shape index (κ3) is 4.65. The number of nitrogens with one attached hydrogen (secondary N) is 1. The van der Waals surface area contributed by atoms with Crippen LogP contribution >= 0.6 is 0 Å². The number of rotatable bonds is 5. The lowest BCUT2D eigenvalue weighted by Gasteiger charge is -2.37. The van der Waals surface area contributed by atoms with Gasteiger partial charge in [0.2, 0.25) is 5.91 Å². The van der Waals surface area contributed by atoms with Crippen LogP contribution in [0.15, 0.2) is 42.5 Å². The maximum Gasteiger partial charge on any atom is 0.414 e. The maximum atomic E-state index is 14.9. The first-order valence-corrected chi connectivity index (χ1v) is 10.2. The first-order chi connectivity index (χ1) is 14.9. The van der Waals surface area contributed by atoms with Crippen LogP contribution in [0.2, 0.25) is 0 Å². The lowest BCUT2D eigenvalue weighted by Crippen LogP contribution is -2.46. The van der Waals surface area contributed by atoms with Gasteiger partial charge in [-0.05, 0) is 42.5 Å². The molecule has 2 heterocycles. The summed E-state index contributed by atoms with van der Waals surface area (Å²) in [5.74, 6) is -0.364. The quantitative estimate of drug-likeness (QED) is 0.760. The van der Waals surface area contributed by atoms with Gasteiger partial charge in [-0.2, -0.15) is 0 Å². The van der Waals surface area contributed by atoms with Gasteiger partial charge in [0.15, 0.2) is 0 Å². The van der Waals surface area contributed by atoms with Crippen molar-refractivity contribution < 1.29 is 23.8 Å². The topological polar surface area (TPSA) is 85.4 Å². The molecule has 2 aromatic rings. The molecule has 9 heteroatoms. The van der Waals surface area contributed by atoms with Crippen LogP contribution in [0.25, 0.3) is 0 Å². The van der Waals surface area contributed by atoms with E-state index >= 15 is 0 Å². The number of piperazine rings is 1. The minimum atomic E-state index is -0.551. The van der Waals surface area contributed by atoms with Gasteiger partial charge in [-0.3, -0.25) is 9.69 Å². The van der Waals surface area contributed by atoms with Crippen molar-refractivity contribution in [2.45, 2.75) is 13.0 Å². The van der Waals surface area contributed by atoms with Crippen molar-refractivity contribution in [3.63, 3.8) is 0 Å². The minimum Gasteiger partial charge on any atom is -0.508 e. The molecule has 0 bridgehead atoms. The highest BCUT2D eigenvalue weighted by Crippen LogP contribution is 2.29. The zero-order valence-electron chi connectivity index (χ0n) is 17.3. The molecule has 2 amide bonds. The predicted octanol–water partition coefficient (Wildman–Crippen LogP) is 2.32. The molecule has 2 saturated heterocycles. The molecule has 2 N–H and O–H groups in total. The molecule has 0 spiro atoms. The Kier molecular flexibility index (Phi) is 5.83. The molecule has 2 aliphatic rings. The molecule has 8 nitrogen and oxygen atoms in total. The average molecular weight is 428 g/mol. The van der Waals surface area contributed by atoms with Crippen LogP contribution in [0.3, 0.4) is 0 Å². The fourth-order valence-electron chi connectivity index (χ4n) is 3.89. The second kappa shape index (κ2) is 8.71. The van der Waals surface area contributed by atoms with Gasteiger partial charge in [0.05, 0.1) is 24.5 Å². The number of hydrogen-bond donors (Lipinski definition) is 2. The summed E-state index contributed by atoms with van der Waals surface area (Å²) in [5, 5.41) is 12.1. The molecular weight excluding hydrogens is 403 g/mol. The summed E-state index contributed by atoms with van der Waals surface area (Å²) in [6, 6.07) is 11.8. The highest BCUT2D eigenvalue weighted by Gasteiger charge is 2.33. The van der Waals surface area contributed by atoms with Crippen LogP contribution in [0.5, 0.6) is 5.75 Å². The fraction of sp³-hybridized carbons (Fsp3) is 0.364. The van der Waals surface area contributed by atoms with E-state index in [4.69, 9.17) is 4.74 Å². The number of benzene rings is 2. The molecule has 0 unspecified atom stereocenters. The van der Waals surface area contributed by atoms with Gasteiger partial charge in [-0.25, -0.2) is 9.18 Å². The van der Waals surface area contributed by atoms with E-state index in [-0.39, 0.29) is 24.7 Å². The molecule has 4 rings (SSSR count). The number of cyclic esters (lactones) is 1. The smallest absolute Gasteiger partial charge is 0.414 e. The van der Waals surface area contributed by atoms with Crippen molar-refractivity contribution in [1.82, 2.24) is 5.32 Å². The van der Waals surface area contributed by atoms with Crippen LogP contribution in [-0.2, 0) is 9.53 Å². The Hall–Kier alpha value is -3.49. The average Bonchev–Trinajstić information content (AvgIpc) is 3.13. The van der Waals surface area contributed by atoms with E-state index < -0.39 is 18.0 Å². The summed E-state index contributed by atoms with van der Waals surface area (Å²) in [7, 11) is 0. The molecule has 2 fully saturated rings. The Labute approximate surface area is 179 Å². The monoisotopic (exact) mass is 428 g/mol. The number of nitrogens with zero attached hydrogens (tertiary/aromatic N) is 3. The summed E-state index contributed by atoms with van der Waals surface area (Å²) in [6.45, 7) is 4.65. The Morgan fingerprint density at radius 3 is 2.39 bits per heavy atom. The standard InChI is InChI=1S/C22H25FN4O4/c1-15(28)24-13-19-14-27(22(30)31-19)17-4-7-21(20(23)12-17)26-10-8-25(9-11-26)16-2-5-18(29)6-3-16/h2-7,12,19,29H,8-11,13-14H2,1H3,(H,24,28)/t19-/m0/s1. The van der Waals surface area contributed by atoms with E-state index in [2.05, 4.69) is 10.2 Å². The number of halogens is 1. The molecule has 164 valence electrons. The van der Waals surface area contributed by atoms with Crippen LogP contribution in [-0.4, -0.2) is 62.5 Å². The van der Waals surface area contributed by atoms with Crippen LogP contribution in [0.1, 0.15) is 6.92 Å². The van der Waals surface area contributed by atoms with Gasteiger partial charge in [-0.15, -0.1) is 0 Å². The zero-order chi connectivity index (χ0) is 22.0. The van der Waals surface area contributed by atoms with Gasteiger partial charge in [0.1, 0.15) is 17.7 Å². The number of carbonyl (C=O) groups excluding carboxylic acids is 2. The molecule has 0 radical (unpaired) electrons. The molecule has 0 saturated carbocycles. The predicted molar refractivity (Wildman–Crippen MR) is 115 cm³/mol. The highest BCUT2D eigenvalue weighted by atomic mass is 19.1. The number of aromatic hydroxyl groups is 1. The van der Waals surface area contributed by atoms with Crippen molar-refractivity contribution in [2.24, 2.45) is 0 Å². The third-order valence-corrected chi connectivity index (χ3v) is 5.53.